The molecule has 2 atom stereocenters. The summed E-state index contributed by atoms with van der Waals surface area (Å²) in [7, 11) is 1.83. The topological polar surface area (TPSA) is 41.6 Å². The first-order valence-electron chi connectivity index (χ1n) is 7.45. The molecule has 21 heavy (non-hydrogen) atoms. The van der Waals surface area contributed by atoms with Crippen LogP contribution in [-0.2, 0) is 4.79 Å². The molecule has 1 heterocycles. The molecule has 2 rings (SSSR count). The minimum Gasteiger partial charge on any atom is -0.480 e. The maximum Gasteiger partial charge on any atom is 0.263 e. The molecule has 0 bridgehead atoms. The van der Waals surface area contributed by atoms with Crippen LogP contribution in [0.5, 0.6) is 5.75 Å². The molecule has 0 spiro atoms. The van der Waals surface area contributed by atoms with Gasteiger partial charge in [-0.25, -0.2) is 4.39 Å². The molecule has 1 saturated heterocycles. The maximum absolute atomic E-state index is 13.5. The van der Waals surface area contributed by atoms with Crippen LogP contribution in [0.25, 0.3) is 0 Å². The highest BCUT2D eigenvalue weighted by molar-refractivity contribution is 5.81. The monoisotopic (exact) mass is 294 g/mol. The number of hydrogen-bond acceptors (Lipinski definition) is 3. The standard InChI is InChI=1S/C16H23FN2O2/c1-11(18-3)14-7-6-13(17)10-15(14)21-12(2)16(20)19-8-4-5-9-19/h6-7,10-12,18H,4-5,8-9H2,1-3H3. The summed E-state index contributed by atoms with van der Waals surface area (Å²) in [5.74, 6) is 0.0367. The van der Waals surface area contributed by atoms with Gasteiger partial charge in [0.25, 0.3) is 5.91 Å². The molecule has 1 N–H and O–H groups in total. The number of carbonyl (C=O) groups excluding carboxylic acids is 1. The smallest absolute Gasteiger partial charge is 0.263 e. The number of benzene rings is 1. The summed E-state index contributed by atoms with van der Waals surface area (Å²) in [4.78, 5) is 14.1. The van der Waals surface area contributed by atoms with Gasteiger partial charge >= 0.3 is 0 Å². The van der Waals surface area contributed by atoms with Crippen LogP contribution < -0.4 is 10.1 Å². The fraction of sp³-hybridized carbons (Fsp3) is 0.562. The molecular weight excluding hydrogens is 271 g/mol. The summed E-state index contributed by atoms with van der Waals surface area (Å²) >= 11 is 0. The second-order valence-corrected chi connectivity index (χ2v) is 5.48. The van der Waals surface area contributed by atoms with Crippen LogP contribution in [-0.4, -0.2) is 37.0 Å². The van der Waals surface area contributed by atoms with E-state index in [4.69, 9.17) is 4.74 Å². The van der Waals surface area contributed by atoms with E-state index in [0.29, 0.717) is 5.75 Å². The second kappa shape index (κ2) is 6.89. The van der Waals surface area contributed by atoms with Crippen molar-refractivity contribution in [3.63, 3.8) is 0 Å². The van der Waals surface area contributed by atoms with Crippen molar-refractivity contribution in [2.24, 2.45) is 0 Å². The summed E-state index contributed by atoms with van der Waals surface area (Å²) in [6.45, 7) is 5.26. The van der Waals surface area contributed by atoms with Crippen LogP contribution in [0.1, 0.15) is 38.3 Å². The summed E-state index contributed by atoms with van der Waals surface area (Å²) in [6.07, 6.45) is 1.48. The Labute approximate surface area is 125 Å². The van der Waals surface area contributed by atoms with E-state index in [2.05, 4.69) is 5.32 Å². The molecule has 0 aliphatic carbocycles. The lowest BCUT2D eigenvalue weighted by Gasteiger charge is -2.23. The fourth-order valence-electron chi connectivity index (χ4n) is 2.56. The predicted molar refractivity (Wildman–Crippen MR) is 79.8 cm³/mol. The largest absolute Gasteiger partial charge is 0.480 e. The van der Waals surface area contributed by atoms with Crippen molar-refractivity contribution in [1.82, 2.24) is 10.2 Å². The predicted octanol–water partition coefficient (Wildman–Crippen LogP) is 2.50. The van der Waals surface area contributed by atoms with E-state index in [0.717, 1.165) is 31.5 Å². The summed E-state index contributed by atoms with van der Waals surface area (Å²) in [6, 6.07) is 4.47. The minimum atomic E-state index is -0.604. The lowest BCUT2D eigenvalue weighted by Crippen LogP contribution is -2.38. The number of ether oxygens (including phenoxy) is 1. The van der Waals surface area contributed by atoms with Crippen molar-refractivity contribution in [2.75, 3.05) is 20.1 Å². The zero-order chi connectivity index (χ0) is 15.4. The number of hydrogen-bond donors (Lipinski definition) is 1. The van der Waals surface area contributed by atoms with Crippen molar-refractivity contribution in [3.05, 3.63) is 29.6 Å². The van der Waals surface area contributed by atoms with Crippen molar-refractivity contribution >= 4 is 5.91 Å². The highest BCUT2D eigenvalue weighted by Gasteiger charge is 2.25. The molecule has 4 nitrogen and oxygen atoms in total. The Morgan fingerprint density at radius 2 is 2.00 bits per heavy atom. The highest BCUT2D eigenvalue weighted by atomic mass is 19.1. The molecular formula is C16H23FN2O2. The van der Waals surface area contributed by atoms with E-state index in [9.17, 15) is 9.18 Å². The zero-order valence-electron chi connectivity index (χ0n) is 12.9. The van der Waals surface area contributed by atoms with Crippen LogP contribution in [0.15, 0.2) is 18.2 Å². The van der Waals surface area contributed by atoms with Crippen molar-refractivity contribution < 1.29 is 13.9 Å². The minimum absolute atomic E-state index is 0.0229. The molecule has 1 aliphatic rings. The Balaban J connectivity index is 2.13. The lowest BCUT2D eigenvalue weighted by molar-refractivity contribution is -0.136. The van der Waals surface area contributed by atoms with Crippen molar-refractivity contribution in [1.29, 1.82) is 0 Å². The summed E-state index contributed by atoms with van der Waals surface area (Å²) in [5.41, 5.74) is 0.847. The normalized spacial score (nSPS) is 17.6. The Bertz CT molecular complexity index is 501. The SMILES string of the molecule is CNC(C)c1ccc(F)cc1OC(C)C(=O)N1CCCC1. The van der Waals surface area contributed by atoms with Gasteiger partial charge in [0, 0.05) is 30.8 Å². The number of rotatable bonds is 5. The van der Waals surface area contributed by atoms with E-state index < -0.39 is 6.10 Å². The molecule has 116 valence electrons. The van der Waals surface area contributed by atoms with Crippen LogP contribution in [0.4, 0.5) is 4.39 Å². The first kappa shape index (κ1) is 15.8. The van der Waals surface area contributed by atoms with Crippen LogP contribution >= 0.6 is 0 Å². The van der Waals surface area contributed by atoms with Gasteiger partial charge in [0.15, 0.2) is 6.10 Å². The van der Waals surface area contributed by atoms with E-state index in [-0.39, 0.29) is 17.8 Å². The molecule has 5 heteroatoms. The number of halogens is 1. The summed E-state index contributed by atoms with van der Waals surface area (Å²) in [5, 5.41) is 3.10. The molecule has 1 fully saturated rings. The third kappa shape index (κ3) is 3.73. The molecule has 2 unspecified atom stereocenters. The van der Waals surface area contributed by atoms with Crippen molar-refractivity contribution in [3.8, 4) is 5.75 Å². The number of nitrogens with one attached hydrogen (secondary N) is 1. The number of nitrogens with zero attached hydrogens (tertiary/aromatic N) is 1. The molecule has 1 aromatic rings. The summed E-state index contributed by atoms with van der Waals surface area (Å²) < 4.78 is 19.2. The molecule has 1 aromatic carbocycles. The van der Waals surface area contributed by atoms with Gasteiger partial charge in [0.05, 0.1) is 0 Å². The van der Waals surface area contributed by atoms with Crippen LogP contribution in [0.3, 0.4) is 0 Å². The molecule has 0 saturated carbocycles. The third-order valence-electron chi connectivity index (χ3n) is 3.94. The quantitative estimate of drug-likeness (QED) is 0.907. The average molecular weight is 294 g/mol. The first-order chi connectivity index (χ1) is 10.0. The Morgan fingerprint density at radius 1 is 1.33 bits per heavy atom. The van der Waals surface area contributed by atoms with E-state index in [1.165, 1.54) is 12.1 Å². The van der Waals surface area contributed by atoms with Gasteiger partial charge in [0.2, 0.25) is 0 Å². The lowest BCUT2D eigenvalue weighted by atomic mass is 10.1. The Hall–Kier alpha value is -1.62. The molecule has 0 radical (unpaired) electrons. The van der Waals surface area contributed by atoms with E-state index >= 15 is 0 Å². The fourth-order valence-corrected chi connectivity index (χ4v) is 2.56. The van der Waals surface area contributed by atoms with Gasteiger partial charge in [-0.3, -0.25) is 4.79 Å². The van der Waals surface area contributed by atoms with Crippen LogP contribution in [0.2, 0.25) is 0 Å². The third-order valence-corrected chi connectivity index (χ3v) is 3.94. The molecule has 1 aliphatic heterocycles. The number of amides is 1. The average Bonchev–Trinajstić information content (AvgIpc) is 3.00. The van der Waals surface area contributed by atoms with Crippen molar-refractivity contribution in [2.45, 2.75) is 38.8 Å². The Kier molecular flexibility index (Phi) is 5.17. The maximum atomic E-state index is 13.5. The van der Waals surface area contributed by atoms with Crippen LogP contribution in [0, 0.1) is 5.82 Å². The zero-order valence-corrected chi connectivity index (χ0v) is 12.9. The molecule has 1 amide bonds. The van der Waals surface area contributed by atoms with Gasteiger partial charge < -0.3 is 15.0 Å². The number of carbonyl (C=O) groups is 1. The van der Waals surface area contributed by atoms with Gasteiger partial charge in [-0.1, -0.05) is 6.07 Å². The highest BCUT2D eigenvalue weighted by Crippen LogP contribution is 2.27. The van der Waals surface area contributed by atoms with Gasteiger partial charge in [-0.15, -0.1) is 0 Å². The van der Waals surface area contributed by atoms with Gasteiger partial charge in [-0.2, -0.15) is 0 Å². The molecule has 0 aromatic heterocycles. The number of likely N-dealkylation sites (tertiary alicyclic amines) is 1. The second-order valence-electron chi connectivity index (χ2n) is 5.48. The van der Waals surface area contributed by atoms with E-state index in [1.54, 1.807) is 13.0 Å². The van der Waals surface area contributed by atoms with Gasteiger partial charge in [0.1, 0.15) is 11.6 Å². The first-order valence-corrected chi connectivity index (χ1v) is 7.45. The van der Waals surface area contributed by atoms with E-state index in [1.807, 2.05) is 18.9 Å². The van der Waals surface area contributed by atoms with Gasteiger partial charge in [-0.05, 0) is 39.8 Å². The Morgan fingerprint density at radius 3 is 2.62 bits per heavy atom.